The smallest absolute Gasteiger partial charge is 0.266 e. The summed E-state index contributed by atoms with van der Waals surface area (Å²) in [6.45, 7) is 2.73. The number of halogens is 3. The predicted octanol–water partition coefficient (Wildman–Crippen LogP) is 8.18. The van der Waals surface area contributed by atoms with Crippen molar-refractivity contribution in [3.63, 3.8) is 0 Å². The Balaban J connectivity index is 1.27. The fourth-order valence-electron chi connectivity index (χ4n) is 6.24. The maximum absolute atomic E-state index is 14.6. The zero-order valence-electron chi connectivity index (χ0n) is 18.4. The highest BCUT2D eigenvalue weighted by atomic mass is 19.3. The van der Waals surface area contributed by atoms with Gasteiger partial charge in [-0.3, -0.25) is 0 Å². The van der Waals surface area contributed by atoms with Gasteiger partial charge in [-0.25, -0.2) is 13.2 Å². The number of alkyl halides is 2. The molecule has 1 nitrogen and oxygen atoms in total. The number of aryl methyl sites for hydroxylation is 1. The SMILES string of the molecule is CCCC1CCC(C2CCC(CCc3ccc(C4CO4)c(F)c3C(F)F)CC2)CC1. The number of benzene rings is 1. The lowest BCUT2D eigenvalue weighted by molar-refractivity contribution is 0.139. The number of ether oxygens (including phenoxy) is 1. The summed E-state index contributed by atoms with van der Waals surface area (Å²) in [5, 5.41) is 0. The Morgan fingerprint density at radius 1 is 0.900 bits per heavy atom. The summed E-state index contributed by atoms with van der Waals surface area (Å²) in [6.07, 6.45) is 11.7. The van der Waals surface area contributed by atoms with Crippen LogP contribution in [0.4, 0.5) is 13.2 Å². The van der Waals surface area contributed by atoms with Crippen molar-refractivity contribution in [3.8, 4) is 0 Å². The maximum Gasteiger partial charge on any atom is 0.266 e. The lowest BCUT2D eigenvalue weighted by Gasteiger charge is -2.38. The van der Waals surface area contributed by atoms with Crippen LogP contribution in [0, 0.1) is 29.5 Å². The highest BCUT2D eigenvalue weighted by molar-refractivity contribution is 5.37. The first kappa shape index (κ1) is 22.2. The molecule has 1 saturated heterocycles. The first-order valence-electron chi connectivity index (χ1n) is 12.3. The molecule has 0 N–H and O–H groups in total. The molecule has 0 spiro atoms. The highest BCUT2D eigenvalue weighted by Crippen LogP contribution is 2.43. The molecule has 0 bridgehead atoms. The molecule has 1 aromatic rings. The van der Waals surface area contributed by atoms with Crippen LogP contribution in [0.25, 0.3) is 0 Å². The summed E-state index contributed by atoms with van der Waals surface area (Å²) in [7, 11) is 0. The molecule has 0 radical (unpaired) electrons. The molecule has 0 aromatic heterocycles. The van der Waals surface area contributed by atoms with Crippen LogP contribution in [0.3, 0.4) is 0 Å². The van der Waals surface area contributed by atoms with Gasteiger partial charge in [-0.05, 0) is 67.8 Å². The molecule has 1 aliphatic heterocycles. The molecular formula is C26H37F3O. The summed E-state index contributed by atoms with van der Waals surface area (Å²) in [4.78, 5) is 0. The summed E-state index contributed by atoms with van der Waals surface area (Å²) in [6, 6.07) is 3.36. The largest absolute Gasteiger partial charge is 0.368 e. The van der Waals surface area contributed by atoms with E-state index in [2.05, 4.69) is 6.92 Å². The van der Waals surface area contributed by atoms with Crippen molar-refractivity contribution < 1.29 is 17.9 Å². The molecule has 1 atom stereocenters. The molecule has 3 aliphatic rings. The topological polar surface area (TPSA) is 12.5 Å². The van der Waals surface area contributed by atoms with Crippen LogP contribution in [0.1, 0.15) is 107 Å². The molecule has 168 valence electrons. The van der Waals surface area contributed by atoms with Gasteiger partial charge >= 0.3 is 0 Å². The average molecular weight is 423 g/mol. The van der Waals surface area contributed by atoms with Crippen LogP contribution in [0.15, 0.2) is 12.1 Å². The molecule has 0 amide bonds. The predicted molar refractivity (Wildman–Crippen MR) is 114 cm³/mol. The van der Waals surface area contributed by atoms with Crippen LogP contribution in [0.2, 0.25) is 0 Å². The molecule has 30 heavy (non-hydrogen) atoms. The molecule has 2 aliphatic carbocycles. The summed E-state index contributed by atoms with van der Waals surface area (Å²) in [5.41, 5.74) is 0.395. The molecule has 1 heterocycles. The number of hydrogen-bond acceptors (Lipinski definition) is 1. The van der Waals surface area contributed by atoms with E-state index in [4.69, 9.17) is 4.74 Å². The van der Waals surface area contributed by atoms with Crippen LogP contribution < -0.4 is 0 Å². The quantitative estimate of drug-likeness (QED) is 0.385. The zero-order valence-corrected chi connectivity index (χ0v) is 18.4. The van der Waals surface area contributed by atoms with Gasteiger partial charge in [-0.2, -0.15) is 0 Å². The minimum absolute atomic E-state index is 0.295. The summed E-state index contributed by atoms with van der Waals surface area (Å²) >= 11 is 0. The molecule has 3 fully saturated rings. The van der Waals surface area contributed by atoms with Crippen LogP contribution in [-0.2, 0) is 11.2 Å². The van der Waals surface area contributed by atoms with Crippen LogP contribution >= 0.6 is 0 Å². The fraction of sp³-hybridized carbons (Fsp3) is 0.769. The van der Waals surface area contributed by atoms with Gasteiger partial charge in [0.15, 0.2) is 0 Å². The Hall–Kier alpha value is -1.03. The molecule has 4 rings (SSSR count). The van der Waals surface area contributed by atoms with Crippen LogP contribution in [0.5, 0.6) is 0 Å². The second kappa shape index (κ2) is 10.1. The molecule has 4 heteroatoms. The lowest BCUT2D eigenvalue weighted by Crippen LogP contribution is -2.26. The van der Waals surface area contributed by atoms with E-state index in [9.17, 15) is 13.2 Å². The van der Waals surface area contributed by atoms with Gasteiger partial charge in [0.25, 0.3) is 6.43 Å². The van der Waals surface area contributed by atoms with Crippen molar-refractivity contribution >= 4 is 0 Å². The number of epoxide rings is 1. The number of hydrogen-bond donors (Lipinski definition) is 0. The second-order valence-electron chi connectivity index (χ2n) is 10.1. The molecular weight excluding hydrogens is 385 g/mol. The van der Waals surface area contributed by atoms with Crippen molar-refractivity contribution in [2.45, 2.75) is 96.5 Å². The van der Waals surface area contributed by atoms with E-state index in [0.717, 1.165) is 24.2 Å². The van der Waals surface area contributed by atoms with Crippen molar-refractivity contribution in [3.05, 3.63) is 34.6 Å². The van der Waals surface area contributed by atoms with Gasteiger partial charge in [0.1, 0.15) is 11.9 Å². The van der Waals surface area contributed by atoms with Gasteiger partial charge in [0.05, 0.1) is 12.2 Å². The van der Waals surface area contributed by atoms with Gasteiger partial charge in [-0.1, -0.05) is 57.6 Å². The monoisotopic (exact) mass is 422 g/mol. The first-order valence-corrected chi connectivity index (χ1v) is 12.3. The van der Waals surface area contributed by atoms with Gasteiger partial charge in [-0.15, -0.1) is 0 Å². The Morgan fingerprint density at radius 3 is 1.97 bits per heavy atom. The van der Waals surface area contributed by atoms with E-state index in [1.807, 2.05) is 0 Å². The van der Waals surface area contributed by atoms with Crippen molar-refractivity contribution in [1.29, 1.82) is 0 Å². The van der Waals surface area contributed by atoms with E-state index < -0.39 is 12.2 Å². The molecule has 1 unspecified atom stereocenters. The number of rotatable bonds is 8. The third kappa shape index (κ3) is 5.23. The minimum Gasteiger partial charge on any atom is -0.368 e. The van der Waals surface area contributed by atoms with E-state index >= 15 is 0 Å². The molecule has 1 aromatic carbocycles. The van der Waals surface area contributed by atoms with E-state index in [1.165, 1.54) is 64.2 Å². The zero-order chi connectivity index (χ0) is 21.1. The Kier molecular flexibility index (Phi) is 7.44. The standard InChI is InChI=1S/C26H37F3O/c1-2-3-17-4-9-19(10-5-17)20-11-6-18(7-12-20)8-13-21-14-15-22(23-16-30-23)25(27)24(21)26(28)29/h14-15,17-20,23,26H,2-13,16H2,1H3. The lowest BCUT2D eigenvalue weighted by atomic mass is 9.68. The Bertz CT molecular complexity index is 684. The first-order chi connectivity index (χ1) is 14.6. The van der Waals surface area contributed by atoms with Gasteiger partial charge in [0, 0.05) is 5.56 Å². The maximum atomic E-state index is 14.6. The summed E-state index contributed by atoms with van der Waals surface area (Å²) in [5.74, 6) is 2.60. The Labute approximate surface area is 179 Å². The van der Waals surface area contributed by atoms with E-state index in [0.29, 0.717) is 30.1 Å². The van der Waals surface area contributed by atoms with Crippen molar-refractivity contribution in [2.75, 3.05) is 6.61 Å². The van der Waals surface area contributed by atoms with Gasteiger partial charge < -0.3 is 4.74 Å². The van der Waals surface area contributed by atoms with E-state index in [1.54, 1.807) is 12.1 Å². The van der Waals surface area contributed by atoms with Crippen molar-refractivity contribution in [2.24, 2.45) is 23.7 Å². The third-order valence-electron chi connectivity index (χ3n) is 8.17. The highest BCUT2D eigenvalue weighted by Gasteiger charge is 2.33. The van der Waals surface area contributed by atoms with Gasteiger partial charge in [0.2, 0.25) is 0 Å². The normalized spacial score (nSPS) is 31.8. The Morgan fingerprint density at radius 2 is 1.47 bits per heavy atom. The van der Waals surface area contributed by atoms with E-state index in [-0.39, 0.29) is 11.7 Å². The molecule has 2 saturated carbocycles. The second-order valence-corrected chi connectivity index (χ2v) is 10.1. The van der Waals surface area contributed by atoms with Crippen molar-refractivity contribution in [1.82, 2.24) is 0 Å². The van der Waals surface area contributed by atoms with Crippen LogP contribution in [-0.4, -0.2) is 6.61 Å². The fourth-order valence-corrected chi connectivity index (χ4v) is 6.24. The average Bonchev–Trinajstić information content (AvgIpc) is 3.58. The third-order valence-corrected chi connectivity index (χ3v) is 8.17. The summed E-state index contributed by atoms with van der Waals surface area (Å²) < 4.78 is 46.9. The minimum atomic E-state index is -2.77.